The van der Waals surface area contributed by atoms with Gasteiger partial charge in [-0.2, -0.15) is 0 Å². The van der Waals surface area contributed by atoms with E-state index in [0.717, 1.165) is 17.7 Å². The highest BCUT2D eigenvalue weighted by Crippen LogP contribution is 2.29. The summed E-state index contributed by atoms with van der Waals surface area (Å²) in [6.07, 6.45) is 3.17. The first kappa shape index (κ1) is 14.2. The molecule has 2 aromatic carbocycles. The molecule has 20 heavy (non-hydrogen) atoms. The molecule has 0 bridgehead atoms. The zero-order chi connectivity index (χ0) is 14.5. The van der Waals surface area contributed by atoms with Gasteiger partial charge in [0.25, 0.3) is 0 Å². The highest BCUT2D eigenvalue weighted by Gasteiger charge is 2.08. The van der Waals surface area contributed by atoms with Crippen LogP contribution in [0.15, 0.2) is 48.5 Å². The average Bonchev–Trinajstić information content (AvgIpc) is 2.46. The van der Waals surface area contributed by atoms with Gasteiger partial charge in [0, 0.05) is 0 Å². The Morgan fingerprint density at radius 3 is 2.40 bits per heavy atom. The smallest absolute Gasteiger partial charge is 0.119 e. The van der Waals surface area contributed by atoms with E-state index >= 15 is 0 Å². The van der Waals surface area contributed by atoms with E-state index in [1.54, 1.807) is 19.2 Å². The lowest BCUT2D eigenvalue weighted by Gasteiger charge is -2.13. The van der Waals surface area contributed by atoms with E-state index < -0.39 is 0 Å². The molecule has 0 atom stereocenters. The van der Waals surface area contributed by atoms with Crippen LogP contribution in [0.2, 0.25) is 0 Å². The van der Waals surface area contributed by atoms with Crippen LogP contribution in [0.5, 0.6) is 11.5 Å². The van der Waals surface area contributed by atoms with Gasteiger partial charge in [0.1, 0.15) is 11.5 Å². The van der Waals surface area contributed by atoms with Crippen molar-refractivity contribution >= 4 is 5.57 Å². The maximum atomic E-state index is 9.43. The molecule has 2 heteroatoms. The van der Waals surface area contributed by atoms with Crippen LogP contribution in [0.25, 0.3) is 5.57 Å². The molecule has 0 heterocycles. The third-order valence-electron chi connectivity index (χ3n) is 3.31. The van der Waals surface area contributed by atoms with Crippen LogP contribution in [0.1, 0.15) is 30.0 Å². The summed E-state index contributed by atoms with van der Waals surface area (Å²) < 4.78 is 5.26. The van der Waals surface area contributed by atoms with Crippen molar-refractivity contribution in [3.05, 3.63) is 65.2 Å². The zero-order valence-electron chi connectivity index (χ0n) is 12.2. The zero-order valence-corrected chi connectivity index (χ0v) is 12.2. The molecule has 0 aromatic heterocycles. The first-order valence-corrected chi connectivity index (χ1v) is 6.80. The Morgan fingerprint density at radius 2 is 1.85 bits per heavy atom. The normalized spacial score (nSPS) is 11.4. The number of aryl methyl sites for hydroxylation is 1. The molecule has 2 rings (SSSR count). The van der Waals surface area contributed by atoms with E-state index in [2.05, 4.69) is 26.0 Å². The van der Waals surface area contributed by atoms with E-state index in [4.69, 9.17) is 4.74 Å². The lowest BCUT2D eigenvalue weighted by molar-refractivity contribution is 0.414. The van der Waals surface area contributed by atoms with Crippen molar-refractivity contribution in [2.24, 2.45) is 0 Å². The average molecular weight is 268 g/mol. The van der Waals surface area contributed by atoms with Crippen molar-refractivity contribution in [3.8, 4) is 11.5 Å². The molecule has 0 fully saturated rings. The summed E-state index contributed by atoms with van der Waals surface area (Å²) >= 11 is 0. The Kier molecular flexibility index (Phi) is 4.46. The molecule has 1 N–H and O–H groups in total. The molecule has 0 radical (unpaired) electrons. The van der Waals surface area contributed by atoms with Crippen molar-refractivity contribution in [1.29, 1.82) is 0 Å². The minimum atomic E-state index is 0.288. The fraction of sp³-hybridized carbons (Fsp3) is 0.222. The Bertz CT molecular complexity index is 610. The molecule has 0 aliphatic rings. The SMILES string of the molecule is CC/C=C(/c1ccc(O)cc1)c1ccc(OC)cc1C. The van der Waals surface area contributed by atoms with Gasteiger partial charge in [-0.25, -0.2) is 0 Å². The topological polar surface area (TPSA) is 29.5 Å². The number of aromatic hydroxyl groups is 1. The van der Waals surface area contributed by atoms with Crippen LogP contribution in [-0.2, 0) is 0 Å². The van der Waals surface area contributed by atoms with Gasteiger partial charge in [0.2, 0.25) is 0 Å². The van der Waals surface area contributed by atoms with Gasteiger partial charge in [-0.1, -0.05) is 31.2 Å². The van der Waals surface area contributed by atoms with Crippen LogP contribution < -0.4 is 4.74 Å². The standard InChI is InChI=1S/C18H20O2/c1-4-5-18(14-6-8-15(19)9-7-14)17-11-10-16(20-3)12-13(17)2/h5-12,19H,4H2,1-3H3/b18-5-. The number of phenolic OH excluding ortho intramolecular Hbond substituents is 1. The van der Waals surface area contributed by atoms with Gasteiger partial charge in [-0.3, -0.25) is 0 Å². The van der Waals surface area contributed by atoms with Crippen LogP contribution in [0.4, 0.5) is 0 Å². The largest absolute Gasteiger partial charge is 0.508 e. The van der Waals surface area contributed by atoms with Crippen molar-refractivity contribution < 1.29 is 9.84 Å². The predicted octanol–water partition coefficient (Wildman–Crippen LogP) is 4.55. The van der Waals surface area contributed by atoms with Crippen LogP contribution in [-0.4, -0.2) is 12.2 Å². The van der Waals surface area contributed by atoms with Crippen LogP contribution in [0.3, 0.4) is 0 Å². The van der Waals surface area contributed by atoms with E-state index in [0.29, 0.717) is 0 Å². The highest BCUT2D eigenvalue weighted by molar-refractivity contribution is 5.81. The molecule has 0 amide bonds. The van der Waals surface area contributed by atoms with Crippen molar-refractivity contribution in [2.45, 2.75) is 20.3 Å². The van der Waals surface area contributed by atoms with Crippen molar-refractivity contribution in [2.75, 3.05) is 7.11 Å². The number of rotatable bonds is 4. The lowest BCUT2D eigenvalue weighted by atomic mass is 9.93. The van der Waals surface area contributed by atoms with Gasteiger partial charge < -0.3 is 9.84 Å². The second-order valence-electron chi connectivity index (χ2n) is 4.75. The Morgan fingerprint density at radius 1 is 1.15 bits per heavy atom. The Hall–Kier alpha value is -2.22. The number of ether oxygens (including phenoxy) is 1. The summed E-state index contributed by atoms with van der Waals surface area (Å²) in [6, 6.07) is 13.4. The molecule has 104 valence electrons. The molecule has 2 aromatic rings. The first-order chi connectivity index (χ1) is 9.65. The van der Waals surface area contributed by atoms with Gasteiger partial charge >= 0.3 is 0 Å². The third-order valence-corrected chi connectivity index (χ3v) is 3.31. The quantitative estimate of drug-likeness (QED) is 0.881. The Labute approximate surface area is 120 Å². The molecular formula is C18H20O2. The summed E-state index contributed by atoms with van der Waals surface area (Å²) in [7, 11) is 1.68. The predicted molar refractivity (Wildman–Crippen MR) is 83.2 cm³/mol. The van der Waals surface area contributed by atoms with Crippen LogP contribution in [0, 0.1) is 6.92 Å². The highest BCUT2D eigenvalue weighted by atomic mass is 16.5. The molecule has 0 spiro atoms. The molecule has 0 aliphatic heterocycles. The molecule has 2 nitrogen and oxygen atoms in total. The molecule has 0 saturated carbocycles. The second kappa shape index (κ2) is 6.29. The van der Waals surface area contributed by atoms with E-state index in [1.165, 1.54) is 16.7 Å². The maximum absolute atomic E-state index is 9.43. The fourth-order valence-electron chi connectivity index (χ4n) is 2.29. The number of methoxy groups -OCH3 is 1. The molecular weight excluding hydrogens is 248 g/mol. The summed E-state index contributed by atoms with van der Waals surface area (Å²) in [5.74, 6) is 1.16. The van der Waals surface area contributed by atoms with E-state index in [-0.39, 0.29) is 5.75 Å². The van der Waals surface area contributed by atoms with Crippen molar-refractivity contribution in [3.63, 3.8) is 0 Å². The van der Waals surface area contributed by atoms with E-state index in [1.807, 2.05) is 24.3 Å². The maximum Gasteiger partial charge on any atom is 0.119 e. The number of hydrogen-bond acceptors (Lipinski definition) is 2. The van der Waals surface area contributed by atoms with Crippen LogP contribution >= 0.6 is 0 Å². The minimum Gasteiger partial charge on any atom is -0.508 e. The molecule has 0 aliphatic carbocycles. The summed E-state index contributed by atoms with van der Waals surface area (Å²) in [6.45, 7) is 4.21. The monoisotopic (exact) mass is 268 g/mol. The first-order valence-electron chi connectivity index (χ1n) is 6.80. The van der Waals surface area contributed by atoms with Crippen molar-refractivity contribution in [1.82, 2.24) is 0 Å². The van der Waals surface area contributed by atoms with Gasteiger partial charge in [-0.05, 0) is 59.9 Å². The van der Waals surface area contributed by atoms with E-state index in [9.17, 15) is 5.11 Å². The number of phenols is 1. The number of allylic oxidation sites excluding steroid dienone is 1. The minimum absolute atomic E-state index is 0.288. The second-order valence-corrected chi connectivity index (χ2v) is 4.75. The molecule has 0 unspecified atom stereocenters. The summed E-state index contributed by atoms with van der Waals surface area (Å²) in [5.41, 5.74) is 4.67. The van der Waals surface area contributed by atoms with Gasteiger partial charge in [-0.15, -0.1) is 0 Å². The summed E-state index contributed by atoms with van der Waals surface area (Å²) in [4.78, 5) is 0. The molecule has 0 saturated heterocycles. The lowest BCUT2D eigenvalue weighted by Crippen LogP contribution is -1.93. The fourth-order valence-corrected chi connectivity index (χ4v) is 2.29. The summed E-state index contributed by atoms with van der Waals surface area (Å²) in [5, 5.41) is 9.43. The Balaban J connectivity index is 2.49. The number of hydrogen-bond donors (Lipinski definition) is 1. The third kappa shape index (κ3) is 3.02. The van der Waals surface area contributed by atoms with Gasteiger partial charge in [0.05, 0.1) is 7.11 Å². The van der Waals surface area contributed by atoms with Gasteiger partial charge in [0.15, 0.2) is 0 Å². The number of benzene rings is 2.